The van der Waals surface area contributed by atoms with Crippen LogP contribution in [0.2, 0.25) is 0 Å². The second-order valence-electron chi connectivity index (χ2n) is 12.4. The molecule has 186 valence electrons. The smallest absolute Gasteiger partial charge is 0.303 e. The highest BCUT2D eigenvalue weighted by Crippen LogP contribution is 2.67. The normalized spacial score (nSPS) is 43.6. The molecule has 0 aromatic rings. The van der Waals surface area contributed by atoms with E-state index in [4.69, 9.17) is 4.74 Å². The summed E-state index contributed by atoms with van der Waals surface area (Å²) in [6, 6.07) is 0. The standard InChI is InChI=1S/C29H46O4/c1-18(2)7-6-8-19(3)23-9-10-24-27-25(12-13-28(23,24)5)29(17-30)14-11-22(32)15-21(29)16-26(27)33-20(4)31/h6,8,16,18-19,22-27,30,32H,7,9-15,17H2,1-5H3/b8-6+/t19-,22+,23-,24+,25+,26+,27+,28-,29-/m1/s1. The number of allylic oxidation sites excluding steroid dienone is 2. The van der Waals surface area contributed by atoms with Crippen LogP contribution in [-0.2, 0) is 9.53 Å². The van der Waals surface area contributed by atoms with Gasteiger partial charge in [-0.1, -0.05) is 45.4 Å². The van der Waals surface area contributed by atoms with Gasteiger partial charge in [0.15, 0.2) is 0 Å². The van der Waals surface area contributed by atoms with Gasteiger partial charge in [0.25, 0.3) is 0 Å². The lowest BCUT2D eigenvalue weighted by molar-refractivity contribution is -0.161. The lowest BCUT2D eigenvalue weighted by Gasteiger charge is -2.60. The Morgan fingerprint density at radius 1 is 1.18 bits per heavy atom. The van der Waals surface area contributed by atoms with E-state index in [9.17, 15) is 15.0 Å². The molecule has 4 aliphatic rings. The van der Waals surface area contributed by atoms with Gasteiger partial charge in [-0.05, 0) is 92.4 Å². The summed E-state index contributed by atoms with van der Waals surface area (Å²) < 4.78 is 5.98. The minimum atomic E-state index is -0.353. The van der Waals surface area contributed by atoms with Crippen LogP contribution in [0.5, 0.6) is 0 Å². The van der Waals surface area contributed by atoms with Crippen molar-refractivity contribution >= 4 is 5.97 Å². The molecule has 0 saturated heterocycles. The van der Waals surface area contributed by atoms with Crippen molar-refractivity contribution < 1.29 is 19.7 Å². The Morgan fingerprint density at radius 2 is 1.94 bits per heavy atom. The molecule has 0 spiro atoms. The minimum absolute atomic E-state index is 0.140. The number of carbonyl (C=O) groups is 1. The van der Waals surface area contributed by atoms with Crippen molar-refractivity contribution in [2.24, 2.45) is 46.3 Å². The Morgan fingerprint density at radius 3 is 2.61 bits per heavy atom. The molecular formula is C29H46O4. The topological polar surface area (TPSA) is 66.8 Å². The predicted octanol–water partition coefficient (Wildman–Crippen LogP) is 5.68. The molecule has 33 heavy (non-hydrogen) atoms. The first kappa shape index (κ1) is 25.0. The second kappa shape index (κ2) is 9.49. The molecular weight excluding hydrogens is 412 g/mol. The average Bonchev–Trinajstić information content (AvgIpc) is 3.10. The predicted molar refractivity (Wildman–Crippen MR) is 131 cm³/mol. The van der Waals surface area contributed by atoms with Crippen LogP contribution in [0.3, 0.4) is 0 Å². The first-order valence-electron chi connectivity index (χ1n) is 13.5. The summed E-state index contributed by atoms with van der Waals surface area (Å²) in [7, 11) is 0. The van der Waals surface area contributed by atoms with Crippen molar-refractivity contribution in [1.29, 1.82) is 0 Å². The van der Waals surface area contributed by atoms with E-state index in [1.54, 1.807) is 0 Å². The lowest BCUT2D eigenvalue weighted by atomic mass is 9.46. The third-order valence-corrected chi connectivity index (χ3v) is 10.1. The van der Waals surface area contributed by atoms with Crippen LogP contribution in [0.15, 0.2) is 23.8 Å². The average molecular weight is 459 g/mol. The van der Waals surface area contributed by atoms with Gasteiger partial charge in [0.1, 0.15) is 6.10 Å². The highest BCUT2D eigenvalue weighted by molar-refractivity contribution is 5.66. The molecule has 4 nitrogen and oxygen atoms in total. The first-order chi connectivity index (χ1) is 15.6. The van der Waals surface area contributed by atoms with Crippen molar-refractivity contribution in [2.45, 2.75) is 98.2 Å². The van der Waals surface area contributed by atoms with Crippen molar-refractivity contribution in [3.05, 3.63) is 23.8 Å². The van der Waals surface area contributed by atoms with E-state index >= 15 is 0 Å². The molecule has 0 unspecified atom stereocenters. The summed E-state index contributed by atoms with van der Waals surface area (Å²) in [4.78, 5) is 12.1. The third-order valence-electron chi connectivity index (χ3n) is 10.1. The van der Waals surface area contributed by atoms with Crippen LogP contribution in [-0.4, -0.2) is 35.0 Å². The van der Waals surface area contributed by atoms with Crippen LogP contribution in [0.1, 0.15) is 86.0 Å². The maximum absolute atomic E-state index is 12.1. The summed E-state index contributed by atoms with van der Waals surface area (Å²) in [6.45, 7) is 11.1. The zero-order valence-electron chi connectivity index (χ0n) is 21.4. The number of ether oxygens (including phenoxy) is 1. The number of aliphatic hydroxyl groups is 2. The molecule has 0 amide bonds. The Bertz CT molecular complexity index is 784. The number of hydrogen-bond donors (Lipinski definition) is 2. The van der Waals surface area contributed by atoms with Gasteiger partial charge in [-0.25, -0.2) is 0 Å². The monoisotopic (exact) mass is 458 g/mol. The third kappa shape index (κ3) is 4.35. The molecule has 3 saturated carbocycles. The Labute approximate surface area is 200 Å². The fraction of sp³-hybridized carbons (Fsp3) is 0.828. The molecule has 0 aromatic carbocycles. The SMILES string of the molecule is CC(=O)O[C@H]1C=C2C[C@@H](O)CC[C@]2(CO)[C@H]2CC[C@]3(C)[C@@H]([C@H](C)/C=C/CC(C)C)CC[C@H]3[C@H]12. The molecule has 0 bridgehead atoms. The summed E-state index contributed by atoms with van der Waals surface area (Å²) >= 11 is 0. The fourth-order valence-electron chi connectivity index (χ4n) is 8.61. The largest absolute Gasteiger partial charge is 0.458 e. The van der Waals surface area contributed by atoms with Crippen molar-refractivity contribution in [2.75, 3.05) is 6.61 Å². The van der Waals surface area contributed by atoms with Gasteiger partial charge in [-0.15, -0.1) is 0 Å². The molecule has 4 aliphatic carbocycles. The van der Waals surface area contributed by atoms with Gasteiger partial charge in [0, 0.05) is 18.3 Å². The highest BCUT2D eigenvalue weighted by Gasteiger charge is 2.62. The maximum atomic E-state index is 12.1. The molecule has 0 aromatic heterocycles. The van der Waals surface area contributed by atoms with E-state index in [2.05, 4.69) is 45.9 Å². The summed E-state index contributed by atoms with van der Waals surface area (Å²) in [5.41, 5.74) is 1.12. The fourth-order valence-corrected chi connectivity index (χ4v) is 8.61. The van der Waals surface area contributed by atoms with Crippen molar-refractivity contribution in [3.63, 3.8) is 0 Å². The van der Waals surface area contributed by atoms with E-state index in [-0.39, 0.29) is 41.5 Å². The number of esters is 1. The van der Waals surface area contributed by atoms with Gasteiger partial charge < -0.3 is 14.9 Å². The number of aliphatic hydroxyl groups excluding tert-OH is 2. The van der Waals surface area contributed by atoms with Gasteiger partial charge >= 0.3 is 5.97 Å². The van der Waals surface area contributed by atoms with Gasteiger partial charge in [0.2, 0.25) is 0 Å². The molecule has 0 heterocycles. The van der Waals surface area contributed by atoms with Crippen LogP contribution in [0.25, 0.3) is 0 Å². The first-order valence-corrected chi connectivity index (χ1v) is 13.5. The van der Waals surface area contributed by atoms with Crippen LogP contribution < -0.4 is 0 Å². The van der Waals surface area contributed by atoms with Gasteiger partial charge in [-0.2, -0.15) is 0 Å². The second-order valence-corrected chi connectivity index (χ2v) is 12.4. The van der Waals surface area contributed by atoms with Crippen molar-refractivity contribution in [1.82, 2.24) is 0 Å². The van der Waals surface area contributed by atoms with Gasteiger partial charge in [0.05, 0.1) is 12.7 Å². The molecule has 9 atom stereocenters. The molecule has 3 fully saturated rings. The van der Waals surface area contributed by atoms with Crippen molar-refractivity contribution in [3.8, 4) is 0 Å². The molecule has 0 aliphatic heterocycles. The molecule has 0 radical (unpaired) electrons. The summed E-state index contributed by atoms with van der Waals surface area (Å²) in [5, 5.41) is 21.1. The van der Waals surface area contributed by atoms with E-state index in [0.717, 1.165) is 31.3 Å². The van der Waals surface area contributed by atoms with Crippen LogP contribution >= 0.6 is 0 Å². The van der Waals surface area contributed by atoms with E-state index in [1.165, 1.54) is 26.2 Å². The van der Waals surface area contributed by atoms with E-state index in [1.807, 2.05) is 0 Å². The number of hydrogen-bond acceptors (Lipinski definition) is 4. The Balaban J connectivity index is 1.67. The summed E-state index contributed by atoms with van der Waals surface area (Å²) in [6.07, 6.45) is 14.4. The molecule has 4 heteroatoms. The molecule has 4 rings (SSSR count). The van der Waals surface area contributed by atoms with E-state index in [0.29, 0.717) is 36.0 Å². The van der Waals surface area contributed by atoms with Crippen LogP contribution in [0, 0.1) is 46.3 Å². The zero-order valence-corrected chi connectivity index (χ0v) is 21.4. The summed E-state index contributed by atoms with van der Waals surface area (Å²) in [5.74, 6) is 2.74. The maximum Gasteiger partial charge on any atom is 0.303 e. The minimum Gasteiger partial charge on any atom is -0.458 e. The quantitative estimate of drug-likeness (QED) is 0.397. The van der Waals surface area contributed by atoms with E-state index < -0.39 is 0 Å². The van der Waals surface area contributed by atoms with Crippen LogP contribution in [0.4, 0.5) is 0 Å². The number of fused-ring (bicyclic) bond motifs is 5. The number of carbonyl (C=O) groups excluding carboxylic acids is 1. The van der Waals surface area contributed by atoms with Gasteiger partial charge in [-0.3, -0.25) is 4.79 Å². The zero-order chi connectivity index (χ0) is 24.0. The Kier molecular flexibility index (Phi) is 7.18. The Hall–Kier alpha value is -1.13. The number of rotatable bonds is 6. The highest BCUT2D eigenvalue weighted by atomic mass is 16.5. The molecule has 2 N–H and O–H groups in total. The lowest BCUT2D eigenvalue weighted by Crippen LogP contribution is -2.57.